The molecule has 3 rings (SSSR count). The SMILES string of the molecule is C=CC(=O)N1CCN(S(C)(=O)=O)[C@H](c2cc(Cl)cc(-c3cccc(NC(C)=O)c3)c2)C1. The Kier molecular flexibility index (Phi) is 6.83. The Morgan fingerprint density at radius 1 is 1.16 bits per heavy atom. The van der Waals surface area contributed by atoms with Crippen LogP contribution in [0.15, 0.2) is 55.1 Å². The van der Waals surface area contributed by atoms with E-state index in [0.29, 0.717) is 22.8 Å². The zero-order chi connectivity index (χ0) is 22.8. The van der Waals surface area contributed by atoms with E-state index in [2.05, 4.69) is 11.9 Å². The van der Waals surface area contributed by atoms with Gasteiger partial charge in [-0.1, -0.05) is 30.3 Å². The average molecular weight is 462 g/mol. The Hall–Kier alpha value is -2.68. The van der Waals surface area contributed by atoms with E-state index in [-0.39, 0.29) is 24.9 Å². The van der Waals surface area contributed by atoms with E-state index in [1.54, 1.807) is 23.1 Å². The van der Waals surface area contributed by atoms with Crippen LogP contribution in [0.2, 0.25) is 5.02 Å². The molecule has 1 N–H and O–H groups in total. The van der Waals surface area contributed by atoms with Gasteiger partial charge in [0.1, 0.15) is 0 Å². The highest BCUT2D eigenvalue weighted by molar-refractivity contribution is 7.88. The molecule has 164 valence electrons. The van der Waals surface area contributed by atoms with E-state index < -0.39 is 16.1 Å². The van der Waals surface area contributed by atoms with Crippen molar-refractivity contribution in [3.05, 3.63) is 65.7 Å². The Morgan fingerprint density at radius 2 is 1.90 bits per heavy atom. The molecule has 1 saturated heterocycles. The number of carbonyl (C=O) groups excluding carboxylic acids is 2. The Morgan fingerprint density at radius 3 is 2.55 bits per heavy atom. The standard InChI is InChI=1S/C22H24ClN3O4S/c1-4-22(28)25-8-9-26(31(3,29)30)21(14-25)18-10-17(11-19(23)12-18)16-6-5-7-20(13-16)24-15(2)27/h4-7,10-13,21H,1,8-9,14H2,2-3H3,(H,24,27)/t21-/m0/s1. The fourth-order valence-corrected chi connectivity index (χ4v) is 5.02. The number of carbonyl (C=O) groups is 2. The van der Waals surface area contributed by atoms with Crippen molar-refractivity contribution in [3.63, 3.8) is 0 Å². The summed E-state index contributed by atoms with van der Waals surface area (Å²) in [5.74, 6) is -0.426. The van der Waals surface area contributed by atoms with Crippen LogP contribution in [0.5, 0.6) is 0 Å². The summed E-state index contributed by atoms with van der Waals surface area (Å²) in [6.45, 7) is 5.63. The second-order valence-electron chi connectivity index (χ2n) is 7.41. The number of halogens is 1. The molecule has 0 radical (unpaired) electrons. The minimum atomic E-state index is -3.51. The Bertz CT molecular complexity index is 1130. The fourth-order valence-electron chi connectivity index (χ4n) is 3.72. The number of anilines is 1. The molecular weight excluding hydrogens is 438 g/mol. The first-order valence-corrected chi connectivity index (χ1v) is 11.9. The molecule has 31 heavy (non-hydrogen) atoms. The van der Waals surface area contributed by atoms with Gasteiger partial charge in [-0.25, -0.2) is 8.42 Å². The number of hydrogen-bond acceptors (Lipinski definition) is 4. The first-order chi connectivity index (χ1) is 14.6. The largest absolute Gasteiger partial charge is 0.336 e. The molecule has 2 aromatic carbocycles. The lowest BCUT2D eigenvalue weighted by Gasteiger charge is -2.40. The summed E-state index contributed by atoms with van der Waals surface area (Å²) in [5, 5.41) is 3.19. The van der Waals surface area contributed by atoms with Crippen molar-refractivity contribution in [2.75, 3.05) is 31.2 Å². The molecule has 1 fully saturated rings. The number of nitrogens with zero attached hydrogens (tertiary/aromatic N) is 2. The van der Waals surface area contributed by atoms with E-state index in [1.165, 1.54) is 17.3 Å². The van der Waals surface area contributed by atoms with Crippen LogP contribution in [0.1, 0.15) is 18.5 Å². The molecule has 0 bridgehead atoms. The highest BCUT2D eigenvalue weighted by Gasteiger charge is 2.35. The van der Waals surface area contributed by atoms with Crippen LogP contribution in [0.4, 0.5) is 5.69 Å². The molecular formula is C22H24ClN3O4S. The molecule has 0 spiro atoms. The minimum Gasteiger partial charge on any atom is -0.336 e. The van der Waals surface area contributed by atoms with Crippen molar-refractivity contribution in [2.45, 2.75) is 13.0 Å². The highest BCUT2D eigenvalue weighted by Crippen LogP contribution is 2.34. The summed E-state index contributed by atoms with van der Waals surface area (Å²) >= 11 is 6.40. The maximum Gasteiger partial charge on any atom is 0.246 e. The predicted octanol–water partition coefficient (Wildman–Crippen LogP) is 3.30. The van der Waals surface area contributed by atoms with Gasteiger partial charge in [-0.2, -0.15) is 4.31 Å². The zero-order valence-corrected chi connectivity index (χ0v) is 18.9. The highest BCUT2D eigenvalue weighted by atomic mass is 35.5. The van der Waals surface area contributed by atoms with Crippen LogP contribution in [0, 0.1) is 0 Å². The van der Waals surface area contributed by atoms with Crippen LogP contribution >= 0.6 is 11.6 Å². The second kappa shape index (κ2) is 9.21. The first kappa shape index (κ1) is 23.0. The van der Waals surface area contributed by atoms with Crippen LogP contribution in [-0.2, 0) is 19.6 Å². The monoisotopic (exact) mass is 461 g/mol. The van der Waals surface area contributed by atoms with Crippen molar-refractivity contribution in [2.24, 2.45) is 0 Å². The molecule has 1 aliphatic rings. The van der Waals surface area contributed by atoms with Crippen LogP contribution in [0.25, 0.3) is 11.1 Å². The number of hydrogen-bond donors (Lipinski definition) is 1. The maximum atomic E-state index is 12.4. The second-order valence-corrected chi connectivity index (χ2v) is 9.78. The van der Waals surface area contributed by atoms with Crippen LogP contribution in [0.3, 0.4) is 0 Å². The zero-order valence-electron chi connectivity index (χ0n) is 17.3. The van der Waals surface area contributed by atoms with Crippen molar-refractivity contribution in [1.29, 1.82) is 0 Å². The van der Waals surface area contributed by atoms with E-state index in [4.69, 9.17) is 11.6 Å². The van der Waals surface area contributed by atoms with Crippen LogP contribution < -0.4 is 5.32 Å². The lowest BCUT2D eigenvalue weighted by molar-refractivity contribution is -0.128. The first-order valence-electron chi connectivity index (χ1n) is 9.65. The van der Waals surface area contributed by atoms with Gasteiger partial charge in [0.15, 0.2) is 0 Å². The van der Waals surface area contributed by atoms with Crippen molar-refractivity contribution in [3.8, 4) is 11.1 Å². The summed E-state index contributed by atoms with van der Waals surface area (Å²) in [6.07, 6.45) is 2.39. The van der Waals surface area contributed by atoms with Crippen molar-refractivity contribution in [1.82, 2.24) is 9.21 Å². The predicted molar refractivity (Wildman–Crippen MR) is 122 cm³/mol. The smallest absolute Gasteiger partial charge is 0.246 e. The minimum absolute atomic E-state index is 0.179. The lowest BCUT2D eigenvalue weighted by atomic mass is 9.97. The van der Waals surface area contributed by atoms with E-state index in [0.717, 1.165) is 17.4 Å². The van der Waals surface area contributed by atoms with E-state index >= 15 is 0 Å². The van der Waals surface area contributed by atoms with Crippen LogP contribution in [-0.4, -0.2) is 55.3 Å². The van der Waals surface area contributed by atoms with Gasteiger partial charge in [-0.15, -0.1) is 0 Å². The van der Waals surface area contributed by atoms with Crippen molar-refractivity contribution < 1.29 is 18.0 Å². The third-order valence-electron chi connectivity index (χ3n) is 5.06. The lowest BCUT2D eigenvalue weighted by Crippen LogP contribution is -2.51. The Labute approximate surface area is 187 Å². The molecule has 9 heteroatoms. The molecule has 1 aliphatic heterocycles. The van der Waals surface area contributed by atoms with E-state index in [1.807, 2.05) is 24.3 Å². The van der Waals surface area contributed by atoms with Crippen molar-refractivity contribution >= 4 is 39.1 Å². The summed E-state index contributed by atoms with van der Waals surface area (Å²) in [5.41, 5.74) is 2.91. The number of sulfonamides is 1. The number of amides is 2. The summed E-state index contributed by atoms with van der Waals surface area (Å²) in [4.78, 5) is 25.1. The normalized spacial score (nSPS) is 17.3. The molecule has 7 nitrogen and oxygen atoms in total. The molecule has 1 atom stereocenters. The van der Waals surface area contributed by atoms with Gasteiger partial charge in [0.25, 0.3) is 0 Å². The number of benzene rings is 2. The number of nitrogens with one attached hydrogen (secondary N) is 1. The summed E-state index contributed by atoms with van der Waals surface area (Å²) < 4.78 is 26.3. The van der Waals surface area contributed by atoms with Gasteiger partial charge >= 0.3 is 0 Å². The molecule has 0 aromatic heterocycles. The third-order valence-corrected chi connectivity index (χ3v) is 6.57. The van der Waals surface area contributed by atoms with Gasteiger partial charge in [0, 0.05) is 37.3 Å². The quantitative estimate of drug-likeness (QED) is 0.692. The molecule has 1 heterocycles. The number of piperazine rings is 1. The molecule has 0 saturated carbocycles. The van der Waals surface area contributed by atoms with Gasteiger partial charge < -0.3 is 10.2 Å². The Balaban J connectivity index is 2.04. The average Bonchev–Trinajstić information content (AvgIpc) is 2.71. The van der Waals surface area contributed by atoms with Gasteiger partial charge in [-0.3, -0.25) is 9.59 Å². The molecule has 2 amide bonds. The number of rotatable bonds is 5. The van der Waals surface area contributed by atoms with Gasteiger partial charge in [-0.05, 0) is 53.1 Å². The molecule has 0 unspecified atom stereocenters. The van der Waals surface area contributed by atoms with Gasteiger partial charge in [0.05, 0.1) is 12.3 Å². The topological polar surface area (TPSA) is 86.8 Å². The summed E-state index contributed by atoms with van der Waals surface area (Å²) in [7, 11) is -3.51. The molecule has 2 aromatic rings. The molecule has 0 aliphatic carbocycles. The van der Waals surface area contributed by atoms with E-state index in [9.17, 15) is 18.0 Å². The van der Waals surface area contributed by atoms with Gasteiger partial charge in [0.2, 0.25) is 21.8 Å². The summed E-state index contributed by atoms with van der Waals surface area (Å²) in [6, 6.07) is 12.1. The maximum absolute atomic E-state index is 12.4. The third kappa shape index (κ3) is 5.52. The fraction of sp³-hybridized carbons (Fsp3) is 0.273.